The first-order chi connectivity index (χ1) is 13.4. The van der Waals surface area contributed by atoms with Crippen LogP contribution >= 0.6 is 0 Å². The Bertz CT molecular complexity index is 1020. The summed E-state index contributed by atoms with van der Waals surface area (Å²) in [6, 6.07) is 6.19. The Balaban J connectivity index is 1.70. The molecule has 2 aromatic rings. The average Bonchev–Trinajstić information content (AvgIpc) is 2.99. The molecule has 7 heteroatoms. The highest BCUT2D eigenvalue weighted by molar-refractivity contribution is 6.05. The van der Waals surface area contributed by atoms with Crippen molar-refractivity contribution in [3.05, 3.63) is 52.5 Å². The number of pyridine rings is 1. The number of carbonyl (C=O) groups excluding carboxylic acids is 3. The fraction of sp³-hybridized carbons (Fsp3) is 0.333. The topological polar surface area (TPSA) is 79.4 Å². The number of nitrogens with one attached hydrogen (secondary N) is 1. The van der Waals surface area contributed by atoms with Gasteiger partial charge in [0.1, 0.15) is 11.9 Å². The van der Waals surface area contributed by atoms with Gasteiger partial charge in [-0.2, -0.15) is 0 Å². The third kappa shape index (κ3) is 2.96. The van der Waals surface area contributed by atoms with Gasteiger partial charge in [0.05, 0.1) is 12.2 Å². The molecule has 3 heterocycles. The zero-order valence-electron chi connectivity index (χ0n) is 15.7. The highest BCUT2D eigenvalue weighted by Gasteiger charge is 2.40. The van der Waals surface area contributed by atoms with Crippen LogP contribution in [0, 0.1) is 12.7 Å². The van der Waals surface area contributed by atoms with Crippen LogP contribution in [-0.4, -0.2) is 33.6 Å². The fourth-order valence-corrected chi connectivity index (χ4v) is 3.86. The molecule has 0 bridgehead atoms. The standard InChI is InChI=1S/C21H20FN3O3/c1-3-12-8-11(2)9-16(23-12)14-5-4-13-15(19(14)22)10-25(21(13)28)17-6-7-18(26)24-20(17)27/h4-5,8-9,17H,3,6-7,10H2,1-2H3,(H,24,26,27). The lowest BCUT2D eigenvalue weighted by atomic mass is 10.0. The normalized spacial score (nSPS) is 19.0. The van der Waals surface area contributed by atoms with Crippen LogP contribution in [0.4, 0.5) is 4.39 Å². The lowest BCUT2D eigenvalue weighted by Gasteiger charge is -2.29. The van der Waals surface area contributed by atoms with Crippen LogP contribution in [-0.2, 0) is 22.6 Å². The summed E-state index contributed by atoms with van der Waals surface area (Å²) in [5.41, 5.74) is 3.26. The van der Waals surface area contributed by atoms with E-state index in [4.69, 9.17) is 0 Å². The maximum Gasteiger partial charge on any atom is 0.255 e. The van der Waals surface area contributed by atoms with Crippen LogP contribution in [0.15, 0.2) is 24.3 Å². The molecule has 4 rings (SSSR count). The first kappa shape index (κ1) is 18.3. The lowest BCUT2D eigenvalue weighted by Crippen LogP contribution is -2.52. The molecule has 6 nitrogen and oxygen atoms in total. The Hall–Kier alpha value is -3.09. The summed E-state index contributed by atoms with van der Waals surface area (Å²) in [6.07, 6.45) is 1.15. The molecule has 0 radical (unpaired) electrons. The van der Waals surface area contributed by atoms with E-state index in [0.717, 1.165) is 17.7 Å². The van der Waals surface area contributed by atoms with Gasteiger partial charge in [0.15, 0.2) is 0 Å². The molecule has 1 aromatic heterocycles. The largest absolute Gasteiger partial charge is 0.322 e. The molecular weight excluding hydrogens is 361 g/mol. The number of carbonyl (C=O) groups is 3. The number of hydrogen-bond acceptors (Lipinski definition) is 4. The second-order valence-electron chi connectivity index (χ2n) is 7.23. The number of amides is 3. The molecule has 1 N–H and O–H groups in total. The molecule has 1 atom stereocenters. The maximum atomic E-state index is 15.3. The maximum absolute atomic E-state index is 15.3. The van der Waals surface area contributed by atoms with Crippen LogP contribution in [0.25, 0.3) is 11.3 Å². The zero-order valence-corrected chi connectivity index (χ0v) is 15.7. The van der Waals surface area contributed by atoms with Gasteiger partial charge in [-0.25, -0.2) is 4.39 Å². The molecule has 0 spiro atoms. The van der Waals surface area contributed by atoms with Gasteiger partial charge in [-0.15, -0.1) is 0 Å². The van der Waals surface area contributed by atoms with Gasteiger partial charge in [-0.1, -0.05) is 6.92 Å². The Kier molecular flexibility index (Phi) is 4.45. The summed E-state index contributed by atoms with van der Waals surface area (Å²) < 4.78 is 15.3. The summed E-state index contributed by atoms with van der Waals surface area (Å²) in [4.78, 5) is 42.1. The highest BCUT2D eigenvalue weighted by atomic mass is 19.1. The second-order valence-corrected chi connectivity index (χ2v) is 7.23. The van der Waals surface area contributed by atoms with E-state index in [1.54, 1.807) is 12.1 Å². The number of hydrogen-bond donors (Lipinski definition) is 1. The third-order valence-electron chi connectivity index (χ3n) is 5.31. The molecule has 1 saturated heterocycles. The second kappa shape index (κ2) is 6.82. The Morgan fingerprint density at radius 1 is 1.21 bits per heavy atom. The number of aromatic nitrogens is 1. The van der Waals surface area contributed by atoms with Crippen molar-refractivity contribution < 1.29 is 18.8 Å². The van der Waals surface area contributed by atoms with E-state index in [0.29, 0.717) is 11.3 Å². The van der Waals surface area contributed by atoms with Crippen molar-refractivity contribution in [1.82, 2.24) is 15.2 Å². The summed E-state index contributed by atoms with van der Waals surface area (Å²) in [7, 11) is 0. The summed E-state index contributed by atoms with van der Waals surface area (Å²) in [6.45, 7) is 3.93. The van der Waals surface area contributed by atoms with Crippen LogP contribution in [0.3, 0.4) is 0 Å². The quantitative estimate of drug-likeness (QED) is 0.829. The molecule has 1 fully saturated rings. The molecule has 28 heavy (non-hydrogen) atoms. The van der Waals surface area contributed by atoms with E-state index < -0.39 is 17.8 Å². The van der Waals surface area contributed by atoms with E-state index in [-0.39, 0.29) is 42.3 Å². The molecule has 0 aliphatic carbocycles. The molecular formula is C21H20FN3O3. The van der Waals surface area contributed by atoms with Crippen molar-refractivity contribution in [2.75, 3.05) is 0 Å². The monoisotopic (exact) mass is 381 g/mol. The van der Waals surface area contributed by atoms with Gasteiger partial charge in [0.2, 0.25) is 11.8 Å². The SMILES string of the molecule is CCc1cc(C)cc(-c2ccc3c(c2F)CN(C2CCC(=O)NC2=O)C3=O)n1. The van der Waals surface area contributed by atoms with Crippen molar-refractivity contribution in [2.24, 2.45) is 0 Å². The van der Waals surface area contributed by atoms with E-state index in [2.05, 4.69) is 10.3 Å². The smallest absolute Gasteiger partial charge is 0.255 e. The molecule has 144 valence electrons. The number of rotatable bonds is 3. The first-order valence-electron chi connectivity index (χ1n) is 9.33. The highest BCUT2D eigenvalue weighted by Crippen LogP contribution is 2.34. The van der Waals surface area contributed by atoms with Gasteiger partial charge in [0, 0.05) is 28.8 Å². The average molecular weight is 381 g/mol. The molecule has 0 saturated carbocycles. The van der Waals surface area contributed by atoms with Crippen molar-refractivity contribution in [3.63, 3.8) is 0 Å². The summed E-state index contributed by atoms with van der Waals surface area (Å²) in [5.74, 6) is -1.73. The number of piperidine rings is 1. The fourth-order valence-electron chi connectivity index (χ4n) is 3.86. The summed E-state index contributed by atoms with van der Waals surface area (Å²) in [5, 5.41) is 2.25. The molecule has 1 aromatic carbocycles. The van der Waals surface area contributed by atoms with Gasteiger partial charge in [-0.3, -0.25) is 24.7 Å². The minimum absolute atomic E-state index is 0.00652. The minimum atomic E-state index is -0.760. The van der Waals surface area contributed by atoms with Gasteiger partial charge < -0.3 is 4.90 Å². The molecule has 2 aliphatic heterocycles. The lowest BCUT2D eigenvalue weighted by molar-refractivity contribution is -0.136. The van der Waals surface area contributed by atoms with Crippen molar-refractivity contribution in [1.29, 1.82) is 0 Å². The van der Waals surface area contributed by atoms with Crippen LogP contribution in [0.5, 0.6) is 0 Å². The molecule has 2 aliphatic rings. The molecule has 3 amide bonds. The number of nitrogens with zero attached hydrogens (tertiary/aromatic N) is 2. The predicted molar refractivity (Wildman–Crippen MR) is 99.8 cm³/mol. The van der Waals surface area contributed by atoms with Crippen LogP contribution in [0.1, 0.15) is 46.9 Å². The zero-order chi connectivity index (χ0) is 20.0. The number of halogens is 1. The van der Waals surface area contributed by atoms with E-state index in [1.165, 1.54) is 4.90 Å². The summed E-state index contributed by atoms with van der Waals surface area (Å²) >= 11 is 0. The van der Waals surface area contributed by atoms with Gasteiger partial charge >= 0.3 is 0 Å². The first-order valence-corrected chi connectivity index (χ1v) is 9.33. The Labute approximate surface area is 161 Å². The van der Waals surface area contributed by atoms with Gasteiger partial charge in [0.25, 0.3) is 5.91 Å². The van der Waals surface area contributed by atoms with Crippen LogP contribution in [0.2, 0.25) is 0 Å². The van der Waals surface area contributed by atoms with E-state index in [9.17, 15) is 14.4 Å². The number of benzene rings is 1. The van der Waals surface area contributed by atoms with Gasteiger partial charge in [-0.05, 0) is 49.6 Å². The van der Waals surface area contributed by atoms with Crippen molar-refractivity contribution >= 4 is 17.7 Å². The van der Waals surface area contributed by atoms with Crippen molar-refractivity contribution in [3.8, 4) is 11.3 Å². The van der Waals surface area contributed by atoms with E-state index >= 15 is 4.39 Å². The number of fused-ring (bicyclic) bond motifs is 1. The van der Waals surface area contributed by atoms with Crippen LogP contribution < -0.4 is 5.32 Å². The van der Waals surface area contributed by atoms with Crippen molar-refractivity contribution in [2.45, 2.75) is 45.7 Å². The number of aryl methyl sites for hydroxylation is 2. The third-order valence-corrected chi connectivity index (χ3v) is 5.31. The van der Waals surface area contributed by atoms with E-state index in [1.807, 2.05) is 26.0 Å². The predicted octanol–water partition coefficient (Wildman–Crippen LogP) is 2.52. The number of imide groups is 1. The minimum Gasteiger partial charge on any atom is -0.322 e. The Morgan fingerprint density at radius 2 is 1.96 bits per heavy atom. The molecule has 1 unspecified atom stereocenters. The Morgan fingerprint density at radius 3 is 2.68 bits per heavy atom.